The zero-order valence-electron chi connectivity index (χ0n) is 16.5. The number of carbonyl (C=O) groups excluding carboxylic acids is 1. The summed E-state index contributed by atoms with van der Waals surface area (Å²) in [5.41, 5.74) is 1.46. The van der Waals surface area contributed by atoms with Crippen molar-refractivity contribution in [2.75, 3.05) is 53.6 Å². The highest BCUT2D eigenvalue weighted by Gasteiger charge is 2.45. The predicted octanol–water partition coefficient (Wildman–Crippen LogP) is 1.76. The molecule has 1 spiro atoms. The van der Waals surface area contributed by atoms with Crippen LogP contribution in [0.3, 0.4) is 0 Å². The van der Waals surface area contributed by atoms with E-state index in [1.54, 1.807) is 14.2 Å². The average molecular weight is 376 g/mol. The Hall–Kier alpha value is -1.63. The Morgan fingerprint density at radius 1 is 1.15 bits per heavy atom. The Balaban J connectivity index is 1.55. The minimum absolute atomic E-state index is 0.0303. The van der Waals surface area contributed by atoms with Crippen molar-refractivity contribution in [3.05, 3.63) is 29.8 Å². The van der Waals surface area contributed by atoms with Gasteiger partial charge in [-0.05, 0) is 55.5 Å². The van der Waals surface area contributed by atoms with Crippen LogP contribution in [-0.2, 0) is 16.1 Å². The number of amides is 1. The fourth-order valence-electron chi connectivity index (χ4n) is 4.61. The summed E-state index contributed by atoms with van der Waals surface area (Å²) in [5, 5.41) is 9.99. The normalized spacial score (nSPS) is 22.8. The number of carbonyl (C=O) groups is 1. The van der Waals surface area contributed by atoms with Crippen molar-refractivity contribution in [1.82, 2.24) is 9.80 Å². The molecule has 6 nitrogen and oxygen atoms in total. The molecule has 2 aliphatic heterocycles. The van der Waals surface area contributed by atoms with Gasteiger partial charge in [0.15, 0.2) is 0 Å². The highest BCUT2D eigenvalue weighted by Crippen LogP contribution is 2.45. The number of aliphatic hydroxyl groups excluding tert-OH is 1. The third-order valence-corrected chi connectivity index (χ3v) is 6.44. The lowest BCUT2D eigenvalue weighted by molar-refractivity contribution is -0.141. The topological polar surface area (TPSA) is 62.2 Å². The number of likely N-dealkylation sites (tertiary alicyclic amines) is 2. The number of benzene rings is 1. The molecule has 1 atom stereocenters. The van der Waals surface area contributed by atoms with E-state index >= 15 is 0 Å². The standard InChI is InChI=1S/C21H32N2O4/c1-26-16-20(25)23-12-9-21(18(14-23)15-24)7-10-22(11-8-21)13-17-3-5-19(27-2)6-4-17/h3-6,18,24H,7-16H2,1-2H3/t18-/m1/s1. The molecule has 27 heavy (non-hydrogen) atoms. The van der Waals surface area contributed by atoms with E-state index in [4.69, 9.17) is 9.47 Å². The van der Waals surface area contributed by atoms with Gasteiger partial charge >= 0.3 is 0 Å². The number of hydrogen-bond donors (Lipinski definition) is 1. The molecule has 1 aromatic rings. The quantitative estimate of drug-likeness (QED) is 0.820. The SMILES string of the molecule is COCC(=O)N1CCC2(CCN(Cc3ccc(OC)cc3)CC2)[C@@H](CO)C1. The lowest BCUT2D eigenvalue weighted by Crippen LogP contribution is -2.55. The van der Waals surface area contributed by atoms with E-state index in [0.717, 1.165) is 51.2 Å². The first kappa shape index (κ1) is 20.1. The summed E-state index contributed by atoms with van der Waals surface area (Å²) < 4.78 is 10.2. The third kappa shape index (κ3) is 4.62. The number of aliphatic hydroxyl groups is 1. The van der Waals surface area contributed by atoms with Gasteiger partial charge in [0.2, 0.25) is 5.91 Å². The molecule has 0 aliphatic carbocycles. The van der Waals surface area contributed by atoms with Crippen molar-refractivity contribution in [2.24, 2.45) is 11.3 Å². The fourth-order valence-corrected chi connectivity index (χ4v) is 4.61. The zero-order chi connectivity index (χ0) is 19.3. The Kier molecular flexibility index (Phi) is 6.73. The summed E-state index contributed by atoms with van der Waals surface area (Å²) in [7, 11) is 3.23. The lowest BCUT2D eigenvalue weighted by Gasteiger charge is -2.51. The molecule has 0 aromatic heterocycles. The summed E-state index contributed by atoms with van der Waals surface area (Å²) in [6.07, 6.45) is 3.14. The molecule has 0 unspecified atom stereocenters. The van der Waals surface area contributed by atoms with Crippen LogP contribution in [0, 0.1) is 11.3 Å². The Morgan fingerprint density at radius 2 is 1.81 bits per heavy atom. The Morgan fingerprint density at radius 3 is 2.41 bits per heavy atom. The van der Waals surface area contributed by atoms with Crippen molar-refractivity contribution in [1.29, 1.82) is 0 Å². The van der Waals surface area contributed by atoms with Crippen molar-refractivity contribution in [2.45, 2.75) is 25.8 Å². The Bertz CT molecular complexity index is 611. The van der Waals surface area contributed by atoms with Crippen LogP contribution >= 0.6 is 0 Å². The van der Waals surface area contributed by atoms with E-state index in [2.05, 4.69) is 17.0 Å². The maximum absolute atomic E-state index is 12.1. The number of hydrogen-bond acceptors (Lipinski definition) is 5. The second kappa shape index (κ2) is 9.04. The molecular weight excluding hydrogens is 344 g/mol. The molecule has 2 fully saturated rings. The second-order valence-corrected chi connectivity index (χ2v) is 7.89. The first-order chi connectivity index (χ1) is 13.1. The van der Waals surface area contributed by atoms with Crippen LogP contribution in [-0.4, -0.2) is 74.4 Å². The van der Waals surface area contributed by atoms with Crippen molar-refractivity contribution >= 4 is 5.91 Å². The molecule has 6 heteroatoms. The van der Waals surface area contributed by atoms with Gasteiger partial charge < -0.3 is 19.5 Å². The first-order valence-corrected chi connectivity index (χ1v) is 9.83. The molecule has 150 valence electrons. The van der Waals surface area contributed by atoms with Gasteiger partial charge in [-0.3, -0.25) is 9.69 Å². The average Bonchev–Trinajstić information content (AvgIpc) is 2.71. The van der Waals surface area contributed by atoms with Gasteiger partial charge in [-0.15, -0.1) is 0 Å². The minimum atomic E-state index is 0.0303. The van der Waals surface area contributed by atoms with E-state index < -0.39 is 0 Å². The van der Waals surface area contributed by atoms with Crippen LogP contribution < -0.4 is 4.74 Å². The van der Waals surface area contributed by atoms with Gasteiger partial charge in [0.1, 0.15) is 12.4 Å². The summed E-state index contributed by atoms with van der Waals surface area (Å²) in [5.74, 6) is 1.08. The number of nitrogens with zero attached hydrogens (tertiary/aromatic N) is 2. The summed E-state index contributed by atoms with van der Waals surface area (Å²) >= 11 is 0. The van der Waals surface area contributed by atoms with Crippen LogP contribution in [0.25, 0.3) is 0 Å². The van der Waals surface area contributed by atoms with E-state index in [-0.39, 0.29) is 30.5 Å². The molecule has 2 aliphatic rings. The monoisotopic (exact) mass is 376 g/mol. The summed E-state index contributed by atoms with van der Waals surface area (Å²) in [6.45, 7) is 4.72. The first-order valence-electron chi connectivity index (χ1n) is 9.83. The largest absolute Gasteiger partial charge is 0.497 e. The molecule has 2 saturated heterocycles. The molecule has 0 bridgehead atoms. The van der Waals surface area contributed by atoms with E-state index in [0.29, 0.717) is 6.54 Å². The smallest absolute Gasteiger partial charge is 0.248 e. The van der Waals surface area contributed by atoms with E-state index in [1.807, 2.05) is 17.0 Å². The molecule has 1 amide bonds. The predicted molar refractivity (Wildman–Crippen MR) is 104 cm³/mol. The van der Waals surface area contributed by atoms with Gasteiger partial charge in [-0.25, -0.2) is 0 Å². The maximum Gasteiger partial charge on any atom is 0.248 e. The Labute approximate surface area is 162 Å². The van der Waals surface area contributed by atoms with Crippen LogP contribution in [0.1, 0.15) is 24.8 Å². The zero-order valence-corrected chi connectivity index (χ0v) is 16.5. The van der Waals surface area contributed by atoms with Crippen LogP contribution in [0.4, 0.5) is 0 Å². The summed E-state index contributed by atoms with van der Waals surface area (Å²) in [4.78, 5) is 16.5. The lowest BCUT2D eigenvalue weighted by atomic mass is 9.64. The molecule has 3 rings (SSSR count). The van der Waals surface area contributed by atoms with Gasteiger partial charge in [0.05, 0.1) is 7.11 Å². The van der Waals surface area contributed by atoms with Gasteiger partial charge in [-0.1, -0.05) is 12.1 Å². The minimum Gasteiger partial charge on any atom is -0.497 e. The van der Waals surface area contributed by atoms with Crippen molar-refractivity contribution in [3.63, 3.8) is 0 Å². The molecule has 0 saturated carbocycles. The third-order valence-electron chi connectivity index (χ3n) is 6.44. The van der Waals surface area contributed by atoms with Crippen molar-refractivity contribution < 1.29 is 19.4 Å². The van der Waals surface area contributed by atoms with Gasteiger partial charge in [0.25, 0.3) is 0 Å². The highest BCUT2D eigenvalue weighted by molar-refractivity contribution is 5.77. The number of methoxy groups -OCH3 is 2. The fraction of sp³-hybridized carbons (Fsp3) is 0.667. The number of rotatable bonds is 6. The number of piperidine rings is 2. The van der Waals surface area contributed by atoms with Crippen LogP contribution in [0.15, 0.2) is 24.3 Å². The van der Waals surface area contributed by atoms with Gasteiger partial charge in [-0.2, -0.15) is 0 Å². The molecule has 2 heterocycles. The van der Waals surface area contributed by atoms with Crippen LogP contribution in [0.5, 0.6) is 5.75 Å². The van der Waals surface area contributed by atoms with Gasteiger partial charge in [0, 0.05) is 39.3 Å². The molecular formula is C21H32N2O4. The van der Waals surface area contributed by atoms with E-state index in [9.17, 15) is 9.90 Å². The van der Waals surface area contributed by atoms with E-state index in [1.165, 1.54) is 5.56 Å². The van der Waals surface area contributed by atoms with Crippen LogP contribution in [0.2, 0.25) is 0 Å². The second-order valence-electron chi connectivity index (χ2n) is 7.89. The summed E-state index contributed by atoms with van der Waals surface area (Å²) in [6, 6.07) is 8.27. The molecule has 0 radical (unpaired) electrons. The maximum atomic E-state index is 12.1. The molecule has 1 N–H and O–H groups in total. The molecule has 1 aromatic carbocycles. The van der Waals surface area contributed by atoms with Crippen molar-refractivity contribution in [3.8, 4) is 5.75 Å². The number of ether oxygens (including phenoxy) is 2. The highest BCUT2D eigenvalue weighted by atomic mass is 16.5.